The molecule has 164 valence electrons. The Hall–Kier alpha value is -0.970. The number of nitrogens with one attached hydrogen (secondary N) is 1. The van der Waals surface area contributed by atoms with Gasteiger partial charge in [0.15, 0.2) is 0 Å². The highest BCUT2D eigenvalue weighted by Crippen LogP contribution is 2.31. The molecule has 0 bridgehead atoms. The van der Waals surface area contributed by atoms with E-state index in [0.717, 1.165) is 25.7 Å². The van der Waals surface area contributed by atoms with Crippen molar-refractivity contribution < 1.29 is 19.1 Å². The summed E-state index contributed by atoms with van der Waals surface area (Å²) in [5, 5.41) is 2.76. The third-order valence-electron chi connectivity index (χ3n) is 5.43. The van der Waals surface area contributed by atoms with Gasteiger partial charge in [-0.25, -0.2) is 9.59 Å². The van der Waals surface area contributed by atoms with Gasteiger partial charge in [-0.15, -0.1) is 11.6 Å². The van der Waals surface area contributed by atoms with Gasteiger partial charge >= 0.3 is 12.1 Å². The summed E-state index contributed by atoms with van der Waals surface area (Å²) < 4.78 is 10.6. The molecule has 28 heavy (non-hydrogen) atoms. The van der Waals surface area contributed by atoms with E-state index in [1.54, 1.807) is 0 Å². The Morgan fingerprint density at radius 1 is 0.821 bits per heavy atom. The Balaban J connectivity index is 2.15. The minimum absolute atomic E-state index is 0.263. The molecule has 0 aromatic rings. The van der Waals surface area contributed by atoms with E-state index >= 15 is 0 Å². The topological polar surface area (TPSA) is 64.6 Å². The van der Waals surface area contributed by atoms with Crippen molar-refractivity contribution in [3.63, 3.8) is 0 Å². The van der Waals surface area contributed by atoms with Gasteiger partial charge < -0.3 is 14.8 Å². The number of unbranched alkanes of at least 4 members (excludes halogenated alkanes) is 9. The van der Waals surface area contributed by atoms with Crippen LogP contribution in [0.3, 0.4) is 0 Å². The van der Waals surface area contributed by atoms with Crippen molar-refractivity contribution in [2.24, 2.45) is 0 Å². The van der Waals surface area contributed by atoms with Crippen LogP contribution in [0, 0.1) is 0 Å². The van der Waals surface area contributed by atoms with Gasteiger partial charge in [0.05, 0.1) is 13.2 Å². The van der Waals surface area contributed by atoms with E-state index in [9.17, 15) is 9.59 Å². The van der Waals surface area contributed by atoms with Gasteiger partial charge in [0.1, 0.15) is 5.54 Å². The second-order valence-electron chi connectivity index (χ2n) is 7.91. The van der Waals surface area contributed by atoms with Gasteiger partial charge in [-0.3, -0.25) is 0 Å². The quantitative estimate of drug-likeness (QED) is 0.186. The van der Waals surface area contributed by atoms with E-state index in [1.165, 1.54) is 51.4 Å². The van der Waals surface area contributed by atoms with Crippen LogP contribution in [0.5, 0.6) is 0 Å². The summed E-state index contributed by atoms with van der Waals surface area (Å²) in [6, 6.07) is 0. The van der Waals surface area contributed by atoms with Crippen molar-refractivity contribution >= 4 is 23.7 Å². The monoisotopic (exact) mass is 417 g/mol. The number of hydrogen-bond donors (Lipinski definition) is 1. The van der Waals surface area contributed by atoms with E-state index < -0.39 is 11.6 Å². The average Bonchev–Trinajstić information content (AvgIpc) is 3.15. The molecule has 0 atom stereocenters. The summed E-state index contributed by atoms with van der Waals surface area (Å²) in [5.41, 5.74) is -0.906. The molecule has 0 aromatic carbocycles. The maximum atomic E-state index is 12.6. The molecule has 1 saturated carbocycles. The first-order valence-corrected chi connectivity index (χ1v) is 11.9. The third kappa shape index (κ3) is 10.5. The maximum absolute atomic E-state index is 12.6. The van der Waals surface area contributed by atoms with Gasteiger partial charge in [-0.1, -0.05) is 77.6 Å². The summed E-state index contributed by atoms with van der Waals surface area (Å²) in [6.45, 7) is 2.94. The lowest BCUT2D eigenvalue weighted by Gasteiger charge is -2.27. The van der Waals surface area contributed by atoms with Gasteiger partial charge in [0.2, 0.25) is 0 Å². The standard InChI is InChI=1S/C22H40ClNO4/c1-2-3-4-5-6-7-8-9-10-13-18-27-20(25)22(15-11-12-16-22)24-21(26)28-19-14-17-23/h2-19H2,1H3,(H,24,26). The fraction of sp³-hybridized carbons (Fsp3) is 0.909. The van der Waals surface area contributed by atoms with Crippen LogP contribution in [0.25, 0.3) is 0 Å². The Kier molecular flexibility index (Phi) is 14.2. The molecular weight excluding hydrogens is 378 g/mol. The predicted octanol–water partition coefficient (Wildman–Crippen LogP) is 6.12. The van der Waals surface area contributed by atoms with Crippen molar-refractivity contribution in [3.8, 4) is 0 Å². The molecule has 6 heteroatoms. The van der Waals surface area contributed by atoms with Gasteiger partial charge in [-0.05, 0) is 25.7 Å². The third-order valence-corrected chi connectivity index (χ3v) is 5.70. The second-order valence-corrected chi connectivity index (χ2v) is 8.29. The molecule has 0 aliphatic heterocycles. The van der Waals surface area contributed by atoms with E-state index in [4.69, 9.17) is 21.1 Å². The highest BCUT2D eigenvalue weighted by molar-refractivity contribution is 6.17. The predicted molar refractivity (Wildman–Crippen MR) is 114 cm³/mol. The molecule has 0 radical (unpaired) electrons. The maximum Gasteiger partial charge on any atom is 0.408 e. The van der Waals surface area contributed by atoms with Crippen LogP contribution in [0.15, 0.2) is 0 Å². The second kappa shape index (κ2) is 15.9. The molecule has 1 aliphatic rings. The first kappa shape index (κ1) is 25.1. The molecule has 1 aliphatic carbocycles. The Labute approximate surface area is 176 Å². The van der Waals surface area contributed by atoms with Crippen LogP contribution in [-0.4, -0.2) is 36.7 Å². The van der Waals surface area contributed by atoms with Crippen molar-refractivity contribution in [2.75, 3.05) is 19.1 Å². The number of alkyl halides is 1. The van der Waals surface area contributed by atoms with Crippen LogP contribution >= 0.6 is 11.6 Å². The number of alkyl carbamates (subject to hydrolysis) is 1. The van der Waals surface area contributed by atoms with Crippen molar-refractivity contribution in [1.29, 1.82) is 0 Å². The number of esters is 1. The number of carbonyl (C=O) groups excluding carboxylic acids is 2. The summed E-state index contributed by atoms with van der Waals surface area (Å²) in [7, 11) is 0. The lowest BCUT2D eigenvalue weighted by molar-refractivity contribution is -0.151. The molecule has 0 aromatic heterocycles. The molecule has 1 amide bonds. The normalized spacial score (nSPS) is 15.4. The zero-order chi connectivity index (χ0) is 20.5. The minimum atomic E-state index is -0.906. The SMILES string of the molecule is CCCCCCCCCCCCOC(=O)C1(NC(=O)OCCCCl)CCCC1. The summed E-state index contributed by atoms with van der Waals surface area (Å²) in [6.07, 6.45) is 15.6. The van der Waals surface area contributed by atoms with Crippen LogP contribution in [0.2, 0.25) is 0 Å². The van der Waals surface area contributed by atoms with Gasteiger partial charge in [0.25, 0.3) is 0 Å². The molecule has 1 N–H and O–H groups in total. The Bertz CT molecular complexity index is 425. The summed E-state index contributed by atoms with van der Waals surface area (Å²) in [5.74, 6) is 0.134. The number of halogens is 1. The van der Waals surface area contributed by atoms with Crippen LogP contribution in [0.4, 0.5) is 4.79 Å². The fourth-order valence-electron chi connectivity index (χ4n) is 3.70. The van der Waals surface area contributed by atoms with Crippen molar-refractivity contribution in [3.05, 3.63) is 0 Å². The molecule has 0 spiro atoms. The zero-order valence-corrected chi connectivity index (χ0v) is 18.5. The summed E-state index contributed by atoms with van der Waals surface area (Å²) >= 11 is 5.58. The number of amides is 1. The van der Waals surface area contributed by atoms with E-state index in [2.05, 4.69) is 12.2 Å². The molecule has 1 rings (SSSR count). The molecule has 1 fully saturated rings. The van der Waals surface area contributed by atoms with Gasteiger partial charge in [0, 0.05) is 5.88 Å². The number of ether oxygens (including phenoxy) is 2. The van der Waals surface area contributed by atoms with Crippen LogP contribution < -0.4 is 5.32 Å². The molecule has 0 unspecified atom stereocenters. The smallest absolute Gasteiger partial charge is 0.408 e. The fourth-order valence-corrected chi connectivity index (χ4v) is 3.81. The zero-order valence-electron chi connectivity index (χ0n) is 17.7. The number of hydrogen-bond acceptors (Lipinski definition) is 4. The molecular formula is C22H40ClNO4. The van der Waals surface area contributed by atoms with Crippen LogP contribution in [-0.2, 0) is 14.3 Å². The van der Waals surface area contributed by atoms with E-state index in [-0.39, 0.29) is 12.6 Å². The minimum Gasteiger partial charge on any atom is -0.464 e. The Morgan fingerprint density at radius 2 is 1.36 bits per heavy atom. The average molecular weight is 418 g/mol. The van der Waals surface area contributed by atoms with E-state index in [0.29, 0.717) is 31.7 Å². The lowest BCUT2D eigenvalue weighted by atomic mass is 9.98. The van der Waals surface area contributed by atoms with Crippen molar-refractivity contribution in [2.45, 2.75) is 109 Å². The first-order valence-electron chi connectivity index (χ1n) is 11.3. The van der Waals surface area contributed by atoms with E-state index in [1.807, 2.05) is 0 Å². The molecule has 0 heterocycles. The Morgan fingerprint density at radius 3 is 1.93 bits per heavy atom. The molecule has 5 nitrogen and oxygen atoms in total. The largest absolute Gasteiger partial charge is 0.464 e. The van der Waals surface area contributed by atoms with Crippen molar-refractivity contribution in [1.82, 2.24) is 5.32 Å². The van der Waals surface area contributed by atoms with Gasteiger partial charge in [-0.2, -0.15) is 0 Å². The highest BCUT2D eigenvalue weighted by atomic mass is 35.5. The number of rotatable bonds is 16. The lowest BCUT2D eigenvalue weighted by Crippen LogP contribution is -2.53. The molecule has 0 saturated heterocycles. The first-order chi connectivity index (χ1) is 13.6. The highest BCUT2D eigenvalue weighted by Gasteiger charge is 2.44. The number of carbonyl (C=O) groups is 2. The summed E-state index contributed by atoms with van der Waals surface area (Å²) in [4.78, 5) is 24.5. The van der Waals surface area contributed by atoms with Crippen LogP contribution in [0.1, 0.15) is 103 Å².